The standard InChI is InChI=1S/C24H26N4O3S2/c1-4-19-14(2)32-22-20(19)23(30)28(13-18-9-6-10-31-18)24(27-22)33-15(3)21(29)26-17-8-5-7-16(11-17)12-25/h5,7-8,11,15,18H,4,6,9-10,13H2,1-3H3,(H,26,29). The number of hydrogen-bond acceptors (Lipinski definition) is 7. The molecule has 0 spiro atoms. The van der Waals surface area contributed by atoms with Crippen LogP contribution in [0.25, 0.3) is 10.2 Å². The molecule has 2 aromatic heterocycles. The normalized spacial score (nSPS) is 16.6. The Bertz CT molecular complexity index is 1290. The first-order chi connectivity index (χ1) is 15.9. The van der Waals surface area contributed by atoms with Crippen molar-refractivity contribution in [2.24, 2.45) is 0 Å². The molecule has 9 heteroatoms. The Morgan fingerprint density at radius 1 is 1.48 bits per heavy atom. The molecule has 0 saturated carbocycles. The quantitative estimate of drug-likeness (QED) is 0.393. The zero-order valence-electron chi connectivity index (χ0n) is 18.9. The van der Waals surface area contributed by atoms with Crippen molar-refractivity contribution in [1.82, 2.24) is 9.55 Å². The molecule has 2 atom stereocenters. The van der Waals surface area contributed by atoms with Gasteiger partial charge < -0.3 is 10.1 Å². The maximum absolute atomic E-state index is 13.6. The number of aromatic nitrogens is 2. The van der Waals surface area contributed by atoms with Gasteiger partial charge in [-0.1, -0.05) is 24.8 Å². The molecule has 33 heavy (non-hydrogen) atoms. The summed E-state index contributed by atoms with van der Waals surface area (Å²) in [4.78, 5) is 33.1. The smallest absolute Gasteiger partial charge is 0.263 e. The van der Waals surface area contributed by atoms with Gasteiger partial charge in [-0.15, -0.1) is 11.3 Å². The lowest BCUT2D eigenvalue weighted by molar-refractivity contribution is -0.115. The molecule has 0 bridgehead atoms. The number of thiophene rings is 1. The van der Waals surface area contributed by atoms with Gasteiger partial charge in [0.05, 0.1) is 34.9 Å². The van der Waals surface area contributed by atoms with Gasteiger partial charge in [-0.05, 0) is 56.9 Å². The van der Waals surface area contributed by atoms with E-state index in [-0.39, 0.29) is 17.6 Å². The van der Waals surface area contributed by atoms with Gasteiger partial charge in [0.1, 0.15) is 4.83 Å². The van der Waals surface area contributed by atoms with Crippen molar-refractivity contribution in [2.75, 3.05) is 11.9 Å². The highest BCUT2D eigenvalue weighted by Crippen LogP contribution is 2.31. The van der Waals surface area contributed by atoms with Gasteiger partial charge in [0, 0.05) is 17.2 Å². The zero-order chi connectivity index (χ0) is 23.5. The first-order valence-electron chi connectivity index (χ1n) is 11.0. The summed E-state index contributed by atoms with van der Waals surface area (Å²) in [6, 6.07) is 8.86. The summed E-state index contributed by atoms with van der Waals surface area (Å²) < 4.78 is 7.48. The first-order valence-corrected chi connectivity index (χ1v) is 12.7. The van der Waals surface area contributed by atoms with E-state index in [2.05, 4.69) is 18.3 Å². The number of ether oxygens (including phenoxy) is 1. The second-order valence-electron chi connectivity index (χ2n) is 8.06. The van der Waals surface area contributed by atoms with E-state index in [1.807, 2.05) is 6.92 Å². The average molecular weight is 483 g/mol. The van der Waals surface area contributed by atoms with E-state index >= 15 is 0 Å². The van der Waals surface area contributed by atoms with E-state index in [9.17, 15) is 9.59 Å². The molecule has 1 fully saturated rings. The van der Waals surface area contributed by atoms with Crippen LogP contribution in [0, 0.1) is 18.3 Å². The summed E-state index contributed by atoms with van der Waals surface area (Å²) in [6.45, 7) is 7.00. The van der Waals surface area contributed by atoms with Crippen molar-refractivity contribution < 1.29 is 9.53 Å². The van der Waals surface area contributed by atoms with Gasteiger partial charge in [-0.25, -0.2) is 4.98 Å². The summed E-state index contributed by atoms with van der Waals surface area (Å²) in [6.07, 6.45) is 2.64. The highest BCUT2D eigenvalue weighted by Gasteiger charge is 2.25. The lowest BCUT2D eigenvalue weighted by Crippen LogP contribution is -2.30. The molecule has 3 aromatic rings. The molecule has 1 N–H and O–H groups in total. The van der Waals surface area contributed by atoms with Crippen LogP contribution >= 0.6 is 23.1 Å². The Morgan fingerprint density at radius 2 is 2.30 bits per heavy atom. The molecule has 1 aliphatic heterocycles. The molecular weight excluding hydrogens is 456 g/mol. The summed E-state index contributed by atoms with van der Waals surface area (Å²) in [5.74, 6) is -0.218. The molecule has 3 heterocycles. The lowest BCUT2D eigenvalue weighted by Gasteiger charge is -2.18. The maximum Gasteiger partial charge on any atom is 0.263 e. The Kier molecular flexibility index (Phi) is 7.17. The summed E-state index contributed by atoms with van der Waals surface area (Å²) in [5, 5.41) is 12.7. The van der Waals surface area contributed by atoms with E-state index in [4.69, 9.17) is 15.0 Å². The van der Waals surface area contributed by atoms with Crippen LogP contribution in [0.4, 0.5) is 5.69 Å². The Morgan fingerprint density at radius 3 is 3.00 bits per heavy atom. The first kappa shape index (κ1) is 23.5. The predicted molar refractivity (Wildman–Crippen MR) is 132 cm³/mol. The van der Waals surface area contributed by atoms with Crippen molar-refractivity contribution >= 4 is 44.9 Å². The second-order valence-corrected chi connectivity index (χ2v) is 10.6. The Hall–Kier alpha value is -2.67. The fourth-order valence-corrected chi connectivity index (χ4v) is 6.09. The van der Waals surface area contributed by atoms with Gasteiger partial charge in [0.25, 0.3) is 5.56 Å². The van der Waals surface area contributed by atoms with Crippen LogP contribution in [-0.2, 0) is 22.5 Å². The molecule has 172 valence electrons. The minimum absolute atomic E-state index is 0.0241. The number of carbonyl (C=O) groups excluding carboxylic acids is 1. The fraction of sp³-hybridized carbons (Fsp3) is 0.417. The third kappa shape index (κ3) is 4.98. The number of nitriles is 1. The number of aryl methyl sites for hydroxylation is 2. The number of amides is 1. The number of carbonyl (C=O) groups is 1. The van der Waals surface area contributed by atoms with Gasteiger partial charge in [0.2, 0.25) is 5.91 Å². The minimum Gasteiger partial charge on any atom is -0.376 e. The number of nitrogens with zero attached hydrogens (tertiary/aromatic N) is 3. The van der Waals surface area contributed by atoms with Crippen LogP contribution in [0.2, 0.25) is 0 Å². The summed E-state index contributed by atoms with van der Waals surface area (Å²) >= 11 is 2.79. The monoisotopic (exact) mass is 482 g/mol. The number of hydrogen-bond donors (Lipinski definition) is 1. The van der Waals surface area contributed by atoms with Crippen LogP contribution in [0.15, 0.2) is 34.2 Å². The molecule has 0 aliphatic carbocycles. The van der Waals surface area contributed by atoms with Crippen LogP contribution in [0.5, 0.6) is 0 Å². The number of fused-ring (bicyclic) bond motifs is 1. The third-order valence-electron chi connectivity index (χ3n) is 5.75. The number of rotatable bonds is 7. The van der Waals surface area contributed by atoms with Crippen molar-refractivity contribution in [1.29, 1.82) is 5.26 Å². The Balaban J connectivity index is 1.65. The van der Waals surface area contributed by atoms with Crippen molar-refractivity contribution in [3.63, 3.8) is 0 Å². The van der Waals surface area contributed by atoms with E-state index in [1.165, 1.54) is 23.1 Å². The van der Waals surface area contributed by atoms with E-state index < -0.39 is 5.25 Å². The number of thioether (sulfide) groups is 1. The molecule has 4 rings (SSSR count). The van der Waals surface area contributed by atoms with Gasteiger partial charge >= 0.3 is 0 Å². The second kappa shape index (κ2) is 10.1. The van der Waals surface area contributed by atoms with Crippen molar-refractivity contribution in [3.05, 3.63) is 50.6 Å². The number of benzene rings is 1. The van der Waals surface area contributed by atoms with Crippen molar-refractivity contribution in [2.45, 2.75) is 63.1 Å². The van der Waals surface area contributed by atoms with Crippen LogP contribution in [0.3, 0.4) is 0 Å². The van der Waals surface area contributed by atoms with Gasteiger partial charge in [0.15, 0.2) is 5.16 Å². The summed E-state index contributed by atoms with van der Waals surface area (Å²) in [5.41, 5.74) is 2.03. The fourth-order valence-electron chi connectivity index (χ4n) is 4.02. The van der Waals surface area contributed by atoms with Crippen LogP contribution in [-0.4, -0.2) is 33.4 Å². The van der Waals surface area contributed by atoms with E-state index in [0.29, 0.717) is 34.9 Å². The maximum atomic E-state index is 13.6. The number of anilines is 1. The highest BCUT2D eigenvalue weighted by atomic mass is 32.2. The largest absolute Gasteiger partial charge is 0.376 e. The van der Waals surface area contributed by atoms with Crippen molar-refractivity contribution in [3.8, 4) is 6.07 Å². The van der Waals surface area contributed by atoms with E-state index in [1.54, 1.807) is 35.8 Å². The van der Waals surface area contributed by atoms with E-state index in [0.717, 1.165) is 34.5 Å². The third-order valence-corrected chi connectivity index (χ3v) is 7.88. The van der Waals surface area contributed by atoms with Crippen LogP contribution in [0.1, 0.15) is 42.7 Å². The summed E-state index contributed by atoms with van der Waals surface area (Å²) in [7, 11) is 0. The highest BCUT2D eigenvalue weighted by molar-refractivity contribution is 8.00. The molecule has 2 unspecified atom stereocenters. The molecular formula is C24H26N4O3S2. The molecule has 7 nitrogen and oxygen atoms in total. The molecule has 0 radical (unpaired) electrons. The Labute approximate surface area is 200 Å². The molecule has 1 aliphatic rings. The van der Waals surface area contributed by atoms with Gasteiger partial charge in [-0.2, -0.15) is 5.26 Å². The molecule has 1 aromatic carbocycles. The average Bonchev–Trinajstić information content (AvgIpc) is 3.43. The molecule has 1 saturated heterocycles. The van der Waals surface area contributed by atoms with Crippen LogP contribution < -0.4 is 10.9 Å². The SMILES string of the molecule is CCc1c(C)sc2nc(SC(C)C(=O)Nc3cccc(C#N)c3)n(CC3CCCO3)c(=O)c12. The van der Waals surface area contributed by atoms with Gasteiger partial charge in [-0.3, -0.25) is 14.2 Å². The minimum atomic E-state index is -0.498. The lowest BCUT2D eigenvalue weighted by atomic mass is 10.1. The zero-order valence-corrected chi connectivity index (χ0v) is 20.5. The predicted octanol–water partition coefficient (Wildman–Crippen LogP) is 4.50. The topological polar surface area (TPSA) is 97.0 Å². The number of nitrogens with one attached hydrogen (secondary N) is 1. The molecule has 1 amide bonds.